The number of nitrogens with one attached hydrogen (secondary N) is 1. The number of fused-ring (bicyclic) bond motifs is 2. The summed E-state index contributed by atoms with van der Waals surface area (Å²) < 4.78 is 0. The molecule has 1 aliphatic heterocycles. The molecular weight excluding hydrogens is 214 g/mol. The molecule has 88 valence electrons. The SMILES string of the molecule is CC1CCCC2(CC1)NCCc1ccsc12. The zero-order valence-electron chi connectivity index (χ0n) is 10.1. The first kappa shape index (κ1) is 10.8. The van der Waals surface area contributed by atoms with E-state index in [1.54, 1.807) is 10.4 Å². The molecule has 1 N–H and O–H groups in total. The van der Waals surface area contributed by atoms with E-state index in [1.807, 2.05) is 11.3 Å². The Labute approximate surface area is 102 Å². The number of hydrogen-bond acceptors (Lipinski definition) is 2. The topological polar surface area (TPSA) is 12.0 Å². The molecule has 1 fully saturated rings. The summed E-state index contributed by atoms with van der Waals surface area (Å²) in [4.78, 5) is 1.66. The van der Waals surface area contributed by atoms with Gasteiger partial charge in [-0.3, -0.25) is 0 Å². The average Bonchev–Trinajstić information content (AvgIpc) is 2.69. The largest absolute Gasteiger partial charge is 0.306 e. The predicted octanol–water partition coefficient (Wildman–Crippen LogP) is 3.69. The Bertz CT molecular complexity index is 371. The Kier molecular flexibility index (Phi) is 2.80. The van der Waals surface area contributed by atoms with Gasteiger partial charge in [0.05, 0.1) is 5.54 Å². The third-order valence-electron chi connectivity index (χ3n) is 4.40. The molecule has 0 amide bonds. The molecule has 2 heterocycles. The highest BCUT2D eigenvalue weighted by Crippen LogP contribution is 2.43. The first-order valence-corrected chi connectivity index (χ1v) is 7.50. The maximum absolute atomic E-state index is 3.85. The van der Waals surface area contributed by atoms with Crippen LogP contribution in [0.4, 0.5) is 0 Å². The summed E-state index contributed by atoms with van der Waals surface area (Å²) in [5, 5.41) is 6.13. The summed E-state index contributed by atoms with van der Waals surface area (Å²) in [7, 11) is 0. The first-order valence-electron chi connectivity index (χ1n) is 6.62. The van der Waals surface area contributed by atoms with Crippen molar-refractivity contribution >= 4 is 11.3 Å². The molecule has 2 atom stereocenters. The van der Waals surface area contributed by atoms with Gasteiger partial charge in [-0.1, -0.05) is 19.8 Å². The van der Waals surface area contributed by atoms with E-state index in [0.717, 1.165) is 5.92 Å². The molecule has 3 rings (SSSR count). The van der Waals surface area contributed by atoms with Crippen molar-refractivity contribution in [3.8, 4) is 0 Å². The van der Waals surface area contributed by atoms with Gasteiger partial charge in [-0.05, 0) is 48.6 Å². The Morgan fingerprint density at radius 3 is 3.25 bits per heavy atom. The number of hydrogen-bond donors (Lipinski definition) is 1. The van der Waals surface area contributed by atoms with Crippen LogP contribution in [-0.4, -0.2) is 6.54 Å². The molecule has 0 bridgehead atoms. The third kappa shape index (κ3) is 1.72. The Hall–Kier alpha value is -0.340. The zero-order valence-corrected chi connectivity index (χ0v) is 10.9. The second kappa shape index (κ2) is 4.15. The van der Waals surface area contributed by atoms with Gasteiger partial charge < -0.3 is 5.32 Å². The molecule has 1 aromatic heterocycles. The fourth-order valence-corrected chi connectivity index (χ4v) is 4.58. The van der Waals surface area contributed by atoms with Gasteiger partial charge in [-0.2, -0.15) is 0 Å². The Morgan fingerprint density at radius 1 is 1.38 bits per heavy atom. The zero-order chi connectivity index (χ0) is 11.0. The summed E-state index contributed by atoms with van der Waals surface area (Å²) in [6.45, 7) is 3.59. The summed E-state index contributed by atoms with van der Waals surface area (Å²) in [5.41, 5.74) is 1.98. The van der Waals surface area contributed by atoms with Gasteiger partial charge in [0, 0.05) is 11.4 Å². The molecule has 2 heteroatoms. The molecule has 1 spiro atoms. The van der Waals surface area contributed by atoms with Crippen molar-refractivity contribution in [3.63, 3.8) is 0 Å². The Balaban J connectivity index is 1.94. The standard InChI is InChI=1S/C14H21NS/c1-11-3-2-7-14(8-4-11)13-12(5-9-15-14)6-10-16-13/h6,10-11,15H,2-5,7-9H2,1H3. The van der Waals surface area contributed by atoms with Crippen LogP contribution in [0.3, 0.4) is 0 Å². The normalized spacial score (nSPS) is 34.7. The molecular formula is C14H21NS. The highest BCUT2D eigenvalue weighted by molar-refractivity contribution is 7.10. The summed E-state index contributed by atoms with van der Waals surface area (Å²) in [6, 6.07) is 2.34. The van der Waals surface area contributed by atoms with Crippen LogP contribution in [0, 0.1) is 5.92 Å². The molecule has 1 nitrogen and oxygen atoms in total. The van der Waals surface area contributed by atoms with E-state index in [-0.39, 0.29) is 0 Å². The fraction of sp³-hybridized carbons (Fsp3) is 0.714. The van der Waals surface area contributed by atoms with Gasteiger partial charge >= 0.3 is 0 Å². The van der Waals surface area contributed by atoms with Gasteiger partial charge in [0.25, 0.3) is 0 Å². The van der Waals surface area contributed by atoms with Crippen LogP contribution in [0.5, 0.6) is 0 Å². The van der Waals surface area contributed by atoms with E-state index in [9.17, 15) is 0 Å². The van der Waals surface area contributed by atoms with Crippen LogP contribution >= 0.6 is 11.3 Å². The highest BCUT2D eigenvalue weighted by atomic mass is 32.1. The van der Waals surface area contributed by atoms with Crippen LogP contribution in [0.15, 0.2) is 11.4 Å². The van der Waals surface area contributed by atoms with Crippen LogP contribution in [0.1, 0.15) is 49.5 Å². The van der Waals surface area contributed by atoms with Crippen molar-refractivity contribution in [1.82, 2.24) is 5.32 Å². The van der Waals surface area contributed by atoms with Gasteiger partial charge in [-0.25, -0.2) is 0 Å². The van der Waals surface area contributed by atoms with Crippen molar-refractivity contribution in [1.29, 1.82) is 0 Å². The molecule has 1 aliphatic carbocycles. The van der Waals surface area contributed by atoms with Gasteiger partial charge in [0.15, 0.2) is 0 Å². The van der Waals surface area contributed by atoms with Crippen LogP contribution in [-0.2, 0) is 12.0 Å². The minimum absolute atomic E-state index is 0.354. The fourth-order valence-electron chi connectivity index (χ4n) is 3.39. The summed E-state index contributed by atoms with van der Waals surface area (Å²) in [5.74, 6) is 0.923. The smallest absolute Gasteiger partial charge is 0.0531 e. The maximum atomic E-state index is 3.85. The van der Waals surface area contributed by atoms with Crippen molar-refractivity contribution in [2.24, 2.45) is 5.92 Å². The number of rotatable bonds is 0. The first-order chi connectivity index (χ1) is 7.80. The molecule has 2 aliphatic rings. The van der Waals surface area contributed by atoms with Crippen LogP contribution in [0.2, 0.25) is 0 Å². The maximum Gasteiger partial charge on any atom is 0.0531 e. The average molecular weight is 235 g/mol. The van der Waals surface area contributed by atoms with E-state index in [2.05, 4.69) is 23.7 Å². The minimum atomic E-state index is 0.354. The molecule has 1 saturated carbocycles. The molecule has 0 aromatic carbocycles. The van der Waals surface area contributed by atoms with Gasteiger partial charge in [0.1, 0.15) is 0 Å². The molecule has 2 unspecified atom stereocenters. The van der Waals surface area contributed by atoms with Crippen molar-refractivity contribution < 1.29 is 0 Å². The molecule has 1 aromatic rings. The quantitative estimate of drug-likeness (QED) is 0.723. The second-order valence-corrected chi connectivity index (χ2v) is 6.49. The molecule has 0 radical (unpaired) electrons. The minimum Gasteiger partial charge on any atom is -0.306 e. The van der Waals surface area contributed by atoms with Crippen molar-refractivity contribution in [2.75, 3.05) is 6.54 Å². The van der Waals surface area contributed by atoms with E-state index in [1.165, 1.54) is 45.1 Å². The summed E-state index contributed by atoms with van der Waals surface area (Å²) in [6.07, 6.45) is 8.14. The third-order valence-corrected chi connectivity index (χ3v) is 5.56. The lowest BCUT2D eigenvalue weighted by Gasteiger charge is -2.38. The van der Waals surface area contributed by atoms with E-state index < -0.39 is 0 Å². The Morgan fingerprint density at radius 2 is 2.31 bits per heavy atom. The lowest BCUT2D eigenvalue weighted by molar-refractivity contribution is 0.279. The predicted molar refractivity (Wildman–Crippen MR) is 70.0 cm³/mol. The molecule has 16 heavy (non-hydrogen) atoms. The van der Waals surface area contributed by atoms with E-state index in [0.29, 0.717) is 5.54 Å². The monoisotopic (exact) mass is 235 g/mol. The van der Waals surface area contributed by atoms with Crippen LogP contribution in [0.25, 0.3) is 0 Å². The molecule has 0 saturated heterocycles. The van der Waals surface area contributed by atoms with Crippen LogP contribution < -0.4 is 5.32 Å². The van der Waals surface area contributed by atoms with Crippen molar-refractivity contribution in [2.45, 2.75) is 51.0 Å². The lowest BCUT2D eigenvalue weighted by atomic mass is 9.83. The van der Waals surface area contributed by atoms with Crippen molar-refractivity contribution in [3.05, 3.63) is 21.9 Å². The van der Waals surface area contributed by atoms with E-state index >= 15 is 0 Å². The van der Waals surface area contributed by atoms with E-state index in [4.69, 9.17) is 0 Å². The number of thiophene rings is 1. The van der Waals surface area contributed by atoms with Gasteiger partial charge in [-0.15, -0.1) is 11.3 Å². The summed E-state index contributed by atoms with van der Waals surface area (Å²) >= 11 is 1.98. The highest BCUT2D eigenvalue weighted by Gasteiger charge is 2.38. The second-order valence-electron chi connectivity index (χ2n) is 5.57. The lowest BCUT2D eigenvalue weighted by Crippen LogP contribution is -2.46. The van der Waals surface area contributed by atoms with Gasteiger partial charge in [0.2, 0.25) is 0 Å².